The average molecular weight is 308 g/mol. The van der Waals surface area contributed by atoms with Crippen LogP contribution in [0.15, 0.2) is 18.3 Å². The monoisotopic (exact) mass is 308 g/mol. The molecule has 0 unspecified atom stereocenters. The van der Waals surface area contributed by atoms with E-state index in [1.54, 1.807) is 32.7 Å². The van der Waals surface area contributed by atoms with E-state index >= 15 is 0 Å². The minimum absolute atomic E-state index is 0.584. The predicted octanol–water partition coefficient (Wildman–Crippen LogP) is 2.95. The smallest absolute Gasteiger partial charge is 0.204 e. The number of methoxy groups -OCH3 is 3. The number of thiazole rings is 1. The molecule has 0 fully saturated rings. The summed E-state index contributed by atoms with van der Waals surface area (Å²) in [5.74, 6) is 1.87. The first kappa shape index (κ1) is 15.6. The fourth-order valence-electron chi connectivity index (χ4n) is 2.03. The molecule has 0 bridgehead atoms. The lowest BCUT2D eigenvalue weighted by Crippen LogP contribution is -2.10. The highest BCUT2D eigenvalue weighted by Crippen LogP contribution is 2.44. The predicted molar refractivity (Wildman–Crippen MR) is 84.6 cm³/mol. The zero-order valence-electron chi connectivity index (χ0n) is 12.7. The van der Waals surface area contributed by atoms with Crippen molar-refractivity contribution in [2.45, 2.75) is 13.5 Å². The molecule has 0 amide bonds. The van der Waals surface area contributed by atoms with Crippen LogP contribution in [0.1, 0.15) is 11.8 Å². The van der Waals surface area contributed by atoms with Gasteiger partial charge in [-0.25, -0.2) is 4.98 Å². The number of hydrogen-bond acceptors (Lipinski definition) is 6. The molecule has 6 heteroatoms. The molecular formula is C15H20N2O3S. The lowest BCUT2D eigenvalue weighted by atomic mass is 10.2. The number of rotatable bonds is 7. The number of hydrogen-bond donors (Lipinski definition) is 1. The molecule has 0 aliphatic heterocycles. The summed E-state index contributed by atoms with van der Waals surface area (Å²) < 4.78 is 16.2. The topological polar surface area (TPSA) is 52.6 Å². The van der Waals surface area contributed by atoms with E-state index in [9.17, 15) is 0 Å². The first-order chi connectivity index (χ1) is 10.2. The second-order valence-electron chi connectivity index (χ2n) is 4.29. The minimum Gasteiger partial charge on any atom is -0.493 e. The Morgan fingerprint density at radius 1 is 1.10 bits per heavy atom. The molecule has 0 saturated carbocycles. The average Bonchev–Trinajstić information content (AvgIpc) is 2.99. The first-order valence-electron chi connectivity index (χ1n) is 6.69. The fraction of sp³-hybridized carbons (Fsp3) is 0.400. The molecule has 114 valence electrons. The Morgan fingerprint density at radius 3 is 2.48 bits per heavy atom. The van der Waals surface area contributed by atoms with E-state index in [4.69, 9.17) is 14.2 Å². The SMILES string of the molecule is CCNCc1cnc(-c2ccc(OC)c(OC)c2OC)s1. The molecule has 0 aliphatic rings. The second kappa shape index (κ2) is 7.28. The summed E-state index contributed by atoms with van der Waals surface area (Å²) in [6, 6.07) is 3.80. The Morgan fingerprint density at radius 2 is 1.86 bits per heavy atom. The maximum absolute atomic E-state index is 5.50. The van der Waals surface area contributed by atoms with Gasteiger partial charge in [0.05, 0.1) is 26.9 Å². The van der Waals surface area contributed by atoms with E-state index in [0.29, 0.717) is 17.2 Å². The number of aromatic nitrogens is 1. The number of ether oxygens (including phenoxy) is 3. The van der Waals surface area contributed by atoms with Gasteiger partial charge >= 0.3 is 0 Å². The summed E-state index contributed by atoms with van der Waals surface area (Å²) in [6.07, 6.45) is 1.89. The Kier molecular flexibility index (Phi) is 5.41. The Balaban J connectivity index is 2.41. The van der Waals surface area contributed by atoms with Gasteiger partial charge in [-0.2, -0.15) is 0 Å². The zero-order valence-corrected chi connectivity index (χ0v) is 13.5. The molecule has 2 aromatic rings. The molecule has 0 spiro atoms. The van der Waals surface area contributed by atoms with E-state index in [1.165, 1.54) is 4.88 Å². The second-order valence-corrected chi connectivity index (χ2v) is 5.41. The minimum atomic E-state index is 0.584. The summed E-state index contributed by atoms with van der Waals surface area (Å²) in [5.41, 5.74) is 0.905. The number of nitrogens with one attached hydrogen (secondary N) is 1. The van der Waals surface area contributed by atoms with E-state index in [-0.39, 0.29) is 0 Å². The highest BCUT2D eigenvalue weighted by Gasteiger charge is 2.18. The van der Waals surface area contributed by atoms with Gasteiger partial charge in [-0.3, -0.25) is 0 Å². The van der Waals surface area contributed by atoms with Crippen molar-refractivity contribution in [1.29, 1.82) is 0 Å². The molecule has 0 aliphatic carbocycles. The summed E-state index contributed by atoms with van der Waals surface area (Å²) in [7, 11) is 4.82. The third kappa shape index (κ3) is 3.28. The Bertz CT molecular complexity index is 599. The molecule has 0 radical (unpaired) electrons. The number of nitrogens with zero attached hydrogens (tertiary/aromatic N) is 1. The van der Waals surface area contributed by atoms with Crippen LogP contribution < -0.4 is 19.5 Å². The molecule has 1 aromatic heterocycles. The summed E-state index contributed by atoms with van der Waals surface area (Å²) >= 11 is 1.64. The van der Waals surface area contributed by atoms with Crippen molar-refractivity contribution in [3.05, 3.63) is 23.2 Å². The van der Waals surface area contributed by atoms with Gasteiger partial charge in [0.25, 0.3) is 0 Å². The van der Waals surface area contributed by atoms with Gasteiger partial charge in [0.2, 0.25) is 5.75 Å². The van der Waals surface area contributed by atoms with Gasteiger partial charge in [0.15, 0.2) is 11.5 Å². The third-order valence-corrected chi connectivity index (χ3v) is 4.07. The van der Waals surface area contributed by atoms with E-state index in [2.05, 4.69) is 17.2 Å². The van der Waals surface area contributed by atoms with Crippen LogP contribution in [0.2, 0.25) is 0 Å². The standard InChI is InChI=1S/C15H20N2O3S/c1-5-16-8-10-9-17-15(21-10)11-6-7-12(18-2)14(20-4)13(11)19-3/h6-7,9,16H,5,8H2,1-4H3. The van der Waals surface area contributed by atoms with Crippen LogP contribution in [0.25, 0.3) is 10.6 Å². The van der Waals surface area contributed by atoms with Crippen LogP contribution in [0.3, 0.4) is 0 Å². The van der Waals surface area contributed by atoms with Crippen molar-refractivity contribution in [1.82, 2.24) is 10.3 Å². The highest BCUT2D eigenvalue weighted by atomic mass is 32.1. The van der Waals surface area contributed by atoms with Gasteiger partial charge in [-0.1, -0.05) is 6.92 Å². The van der Waals surface area contributed by atoms with Crippen molar-refractivity contribution < 1.29 is 14.2 Å². The molecule has 2 rings (SSSR count). The maximum atomic E-state index is 5.50. The molecule has 1 aromatic carbocycles. The third-order valence-electron chi connectivity index (χ3n) is 3.04. The van der Waals surface area contributed by atoms with Gasteiger partial charge < -0.3 is 19.5 Å². The quantitative estimate of drug-likeness (QED) is 0.852. The van der Waals surface area contributed by atoms with E-state index in [0.717, 1.165) is 23.7 Å². The fourth-order valence-corrected chi connectivity index (χ4v) is 2.94. The molecule has 5 nitrogen and oxygen atoms in total. The van der Waals surface area contributed by atoms with Crippen molar-refractivity contribution in [2.75, 3.05) is 27.9 Å². The molecule has 21 heavy (non-hydrogen) atoms. The maximum Gasteiger partial charge on any atom is 0.204 e. The zero-order chi connectivity index (χ0) is 15.2. The van der Waals surface area contributed by atoms with Crippen LogP contribution in [0.5, 0.6) is 17.2 Å². The van der Waals surface area contributed by atoms with Crippen molar-refractivity contribution >= 4 is 11.3 Å². The van der Waals surface area contributed by atoms with Gasteiger partial charge in [0.1, 0.15) is 5.01 Å². The lowest BCUT2D eigenvalue weighted by molar-refractivity contribution is 0.325. The van der Waals surface area contributed by atoms with Crippen molar-refractivity contribution in [3.8, 4) is 27.8 Å². The van der Waals surface area contributed by atoms with Gasteiger partial charge in [-0.15, -0.1) is 11.3 Å². The Labute approximate surface area is 128 Å². The largest absolute Gasteiger partial charge is 0.493 e. The molecular weight excluding hydrogens is 288 g/mol. The highest BCUT2D eigenvalue weighted by molar-refractivity contribution is 7.15. The van der Waals surface area contributed by atoms with Crippen molar-refractivity contribution in [2.24, 2.45) is 0 Å². The van der Waals surface area contributed by atoms with Crippen LogP contribution in [0, 0.1) is 0 Å². The van der Waals surface area contributed by atoms with Crippen LogP contribution >= 0.6 is 11.3 Å². The van der Waals surface area contributed by atoms with Crippen LogP contribution in [-0.2, 0) is 6.54 Å². The van der Waals surface area contributed by atoms with E-state index in [1.807, 2.05) is 18.3 Å². The molecule has 1 N–H and O–H groups in total. The van der Waals surface area contributed by atoms with Crippen molar-refractivity contribution in [3.63, 3.8) is 0 Å². The van der Waals surface area contributed by atoms with Crippen LogP contribution in [-0.4, -0.2) is 32.9 Å². The van der Waals surface area contributed by atoms with Gasteiger partial charge in [0, 0.05) is 17.6 Å². The molecule has 0 atom stereocenters. The molecule has 0 saturated heterocycles. The summed E-state index contributed by atoms with van der Waals surface area (Å²) in [4.78, 5) is 5.66. The lowest BCUT2D eigenvalue weighted by Gasteiger charge is -2.14. The van der Waals surface area contributed by atoms with Crippen LogP contribution in [0.4, 0.5) is 0 Å². The Hall–Kier alpha value is -1.79. The summed E-state index contributed by atoms with van der Waals surface area (Å²) in [5, 5.41) is 4.20. The number of benzene rings is 1. The molecule has 1 heterocycles. The van der Waals surface area contributed by atoms with Gasteiger partial charge in [-0.05, 0) is 18.7 Å². The first-order valence-corrected chi connectivity index (χ1v) is 7.51. The van der Waals surface area contributed by atoms with E-state index < -0.39 is 0 Å². The summed E-state index contributed by atoms with van der Waals surface area (Å²) in [6.45, 7) is 3.84. The normalized spacial score (nSPS) is 10.5.